The standard InChI is InChI=1S/C6H8F3O/c1-2-3-4-5(10)6(7,8)9/h1-2,5,10H,3-4H2. The van der Waals surface area contributed by atoms with E-state index >= 15 is 0 Å². The summed E-state index contributed by atoms with van der Waals surface area (Å²) in [6, 6.07) is 0. The van der Waals surface area contributed by atoms with Gasteiger partial charge in [-0.25, -0.2) is 0 Å². The number of hydrogen-bond acceptors (Lipinski definition) is 1. The van der Waals surface area contributed by atoms with Gasteiger partial charge in [0.1, 0.15) is 6.10 Å². The first-order valence-corrected chi connectivity index (χ1v) is 2.76. The second-order valence-electron chi connectivity index (χ2n) is 1.87. The van der Waals surface area contributed by atoms with Gasteiger partial charge in [-0.05, 0) is 12.8 Å². The molecular formula is C6H8F3O. The van der Waals surface area contributed by atoms with E-state index in [0.29, 0.717) is 0 Å². The van der Waals surface area contributed by atoms with E-state index in [4.69, 9.17) is 11.7 Å². The van der Waals surface area contributed by atoms with Gasteiger partial charge in [0.05, 0.1) is 0 Å². The van der Waals surface area contributed by atoms with Crippen LogP contribution in [0.5, 0.6) is 0 Å². The van der Waals surface area contributed by atoms with Gasteiger partial charge in [-0.2, -0.15) is 13.2 Å². The monoisotopic (exact) mass is 153 g/mol. The van der Waals surface area contributed by atoms with Crippen molar-refractivity contribution in [2.45, 2.75) is 25.1 Å². The van der Waals surface area contributed by atoms with Crippen molar-refractivity contribution in [3.8, 4) is 0 Å². The first-order chi connectivity index (χ1) is 4.48. The van der Waals surface area contributed by atoms with Crippen molar-refractivity contribution >= 4 is 0 Å². The molecule has 0 saturated heterocycles. The van der Waals surface area contributed by atoms with Gasteiger partial charge in [-0.1, -0.05) is 12.7 Å². The van der Waals surface area contributed by atoms with E-state index in [1.54, 1.807) is 0 Å². The molecule has 1 atom stereocenters. The Morgan fingerprint density at radius 2 is 2.00 bits per heavy atom. The fourth-order valence-electron chi connectivity index (χ4n) is 0.418. The Hall–Kier alpha value is -0.510. The maximum atomic E-state index is 11.5. The fraction of sp³-hybridized carbons (Fsp3) is 0.667. The summed E-state index contributed by atoms with van der Waals surface area (Å²) in [6.07, 6.45) is -5.95. The van der Waals surface area contributed by atoms with Crippen LogP contribution in [0.3, 0.4) is 0 Å². The molecule has 0 aromatic rings. The van der Waals surface area contributed by atoms with E-state index in [0.717, 1.165) is 6.08 Å². The van der Waals surface area contributed by atoms with Crippen LogP contribution in [-0.4, -0.2) is 17.4 Å². The maximum absolute atomic E-state index is 11.5. The predicted molar refractivity (Wildman–Crippen MR) is 30.2 cm³/mol. The Bertz CT molecular complexity index is 108. The molecule has 0 heterocycles. The van der Waals surface area contributed by atoms with Crippen molar-refractivity contribution in [3.63, 3.8) is 0 Å². The van der Waals surface area contributed by atoms with Crippen molar-refractivity contribution in [2.24, 2.45) is 0 Å². The molecule has 1 radical (unpaired) electrons. The van der Waals surface area contributed by atoms with E-state index < -0.39 is 12.3 Å². The topological polar surface area (TPSA) is 20.2 Å². The van der Waals surface area contributed by atoms with Crippen molar-refractivity contribution in [1.29, 1.82) is 0 Å². The highest BCUT2D eigenvalue weighted by atomic mass is 19.4. The van der Waals surface area contributed by atoms with Crippen LogP contribution in [0.4, 0.5) is 13.2 Å². The van der Waals surface area contributed by atoms with Crippen LogP contribution in [0, 0.1) is 6.58 Å². The summed E-state index contributed by atoms with van der Waals surface area (Å²) >= 11 is 0. The average Bonchev–Trinajstić information content (AvgIpc) is 1.80. The lowest BCUT2D eigenvalue weighted by atomic mass is 10.2. The summed E-state index contributed by atoms with van der Waals surface area (Å²) in [5.74, 6) is 0. The van der Waals surface area contributed by atoms with Crippen LogP contribution < -0.4 is 0 Å². The summed E-state index contributed by atoms with van der Waals surface area (Å²) in [5, 5.41) is 8.32. The van der Waals surface area contributed by atoms with Crippen LogP contribution in [0.2, 0.25) is 0 Å². The molecule has 0 aromatic carbocycles. The van der Waals surface area contributed by atoms with Crippen molar-refractivity contribution in [3.05, 3.63) is 12.7 Å². The fourth-order valence-corrected chi connectivity index (χ4v) is 0.418. The minimum Gasteiger partial charge on any atom is -0.384 e. The summed E-state index contributed by atoms with van der Waals surface area (Å²) < 4.78 is 34.4. The van der Waals surface area contributed by atoms with Gasteiger partial charge in [0, 0.05) is 0 Å². The lowest BCUT2D eigenvalue weighted by Gasteiger charge is -2.12. The highest BCUT2D eigenvalue weighted by molar-refractivity contribution is 4.70. The molecule has 1 N–H and O–H groups in total. The van der Waals surface area contributed by atoms with Crippen LogP contribution in [0.15, 0.2) is 6.08 Å². The molecular weight excluding hydrogens is 145 g/mol. The van der Waals surface area contributed by atoms with E-state index in [1.165, 1.54) is 0 Å². The smallest absolute Gasteiger partial charge is 0.384 e. The second-order valence-corrected chi connectivity index (χ2v) is 1.87. The highest BCUT2D eigenvalue weighted by Gasteiger charge is 2.37. The van der Waals surface area contributed by atoms with Gasteiger partial charge in [-0.15, -0.1) is 0 Å². The summed E-state index contributed by atoms with van der Waals surface area (Å²) in [6.45, 7) is 4.82. The number of halogens is 3. The molecule has 0 aliphatic heterocycles. The molecule has 0 amide bonds. The molecule has 0 bridgehead atoms. The zero-order chi connectivity index (χ0) is 8.20. The third-order valence-corrected chi connectivity index (χ3v) is 0.985. The van der Waals surface area contributed by atoms with Gasteiger partial charge in [0.25, 0.3) is 0 Å². The zero-order valence-electron chi connectivity index (χ0n) is 5.23. The van der Waals surface area contributed by atoms with E-state index in [1.807, 2.05) is 0 Å². The normalized spacial score (nSPS) is 14.8. The van der Waals surface area contributed by atoms with Crippen LogP contribution in [0.1, 0.15) is 12.8 Å². The van der Waals surface area contributed by atoms with Crippen molar-refractivity contribution in [1.82, 2.24) is 0 Å². The molecule has 0 aromatic heterocycles. The third kappa shape index (κ3) is 3.50. The Labute approximate surface area is 57.2 Å². The molecule has 59 valence electrons. The molecule has 0 fully saturated rings. The average molecular weight is 153 g/mol. The molecule has 0 spiro atoms. The van der Waals surface area contributed by atoms with E-state index in [-0.39, 0.29) is 12.8 Å². The summed E-state index contributed by atoms with van der Waals surface area (Å²) in [7, 11) is 0. The van der Waals surface area contributed by atoms with Gasteiger partial charge < -0.3 is 5.11 Å². The lowest BCUT2D eigenvalue weighted by molar-refractivity contribution is -0.205. The van der Waals surface area contributed by atoms with E-state index in [2.05, 4.69) is 0 Å². The molecule has 0 aliphatic carbocycles. The molecule has 4 heteroatoms. The van der Waals surface area contributed by atoms with Gasteiger partial charge in [0.2, 0.25) is 0 Å². The molecule has 1 nitrogen and oxygen atoms in total. The quantitative estimate of drug-likeness (QED) is 0.654. The zero-order valence-corrected chi connectivity index (χ0v) is 5.23. The number of rotatable bonds is 3. The Balaban J connectivity index is 3.61. The third-order valence-electron chi connectivity index (χ3n) is 0.985. The summed E-state index contributed by atoms with van der Waals surface area (Å²) in [4.78, 5) is 0. The van der Waals surface area contributed by atoms with Gasteiger partial charge in [-0.3, -0.25) is 0 Å². The maximum Gasteiger partial charge on any atom is 0.414 e. The Morgan fingerprint density at radius 3 is 2.30 bits per heavy atom. The van der Waals surface area contributed by atoms with Crippen LogP contribution >= 0.6 is 0 Å². The van der Waals surface area contributed by atoms with Crippen molar-refractivity contribution in [2.75, 3.05) is 0 Å². The molecule has 0 saturated carbocycles. The van der Waals surface area contributed by atoms with Crippen LogP contribution in [-0.2, 0) is 0 Å². The largest absolute Gasteiger partial charge is 0.414 e. The van der Waals surface area contributed by atoms with Crippen molar-refractivity contribution < 1.29 is 18.3 Å². The second kappa shape index (κ2) is 3.61. The molecule has 0 rings (SSSR count). The van der Waals surface area contributed by atoms with Gasteiger partial charge in [0.15, 0.2) is 0 Å². The minimum atomic E-state index is -4.51. The lowest BCUT2D eigenvalue weighted by Crippen LogP contribution is -2.27. The number of aliphatic hydroxyl groups is 1. The van der Waals surface area contributed by atoms with Crippen LogP contribution in [0.25, 0.3) is 0 Å². The first-order valence-electron chi connectivity index (χ1n) is 2.76. The number of allylic oxidation sites excluding steroid dienone is 1. The molecule has 1 unspecified atom stereocenters. The Kier molecular flexibility index (Phi) is 3.42. The molecule has 10 heavy (non-hydrogen) atoms. The minimum absolute atomic E-state index is 0.0701. The van der Waals surface area contributed by atoms with E-state index in [9.17, 15) is 13.2 Å². The number of hydrogen-bond donors (Lipinski definition) is 1. The molecule has 0 aliphatic rings. The SMILES string of the molecule is [CH]=CCCC(O)C(F)(F)F. The Morgan fingerprint density at radius 1 is 1.50 bits per heavy atom. The number of alkyl halides is 3. The van der Waals surface area contributed by atoms with Gasteiger partial charge >= 0.3 is 6.18 Å². The number of aliphatic hydroxyl groups excluding tert-OH is 1. The predicted octanol–water partition coefficient (Wildman–Crippen LogP) is 1.68. The summed E-state index contributed by atoms with van der Waals surface area (Å²) in [5.41, 5.74) is 0. The first kappa shape index (κ1) is 9.49. The highest BCUT2D eigenvalue weighted by Crippen LogP contribution is 2.22.